The summed E-state index contributed by atoms with van der Waals surface area (Å²) < 4.78 is 5.16. The molecule has 1 saturated carbocycles. The molecule has 8 nitrogen and oxygen atoms in total. The first-order valence-corrected chi connectivity index (χ1v) is 12.4. The summed E-state index contributed by atoms with van der Waals surface area (Å²) in [6.45, 7) is 9.85. The molecule has 8 heteroatoms. The maximum atomic E-state index is 12.6. The fourth-order valence-electron chi connectivity index (χ4n) is 5.08. The predicted molar refractivity (Wildman–Crippen MR) is 125 cm³/mol. The van der Waals surface area contributed by atoms with E-state index in [9.17, 15) is 4.79 Å². The van der Waals surface area contributed by atoms with E-state index in [2.05, 4.69) is 30.3 Å². The van der Waals surface area contributed by atoms with E-state index in [0.717, 1.165) is 104 Å². The topological polar surface area (TPSA) is 72.4 Å². The molecule has 0 aromatic rings. The quantitative estimate of drug-likeness (QED) is 0.319. The van der Waals surface area contributed by atoms with Crippen molar-refractivity contribution in [2.75, 3.05) is 79.7 Å². The molecule has 0 bridgehead atoms. The molecule has 2 heterocycles. The van der Waals surface area contributed by atoms with E-state index in [1.807, 2.05) is 7.05 Å². The molecule has 0 aromatic carbocycles. The van der Waals surface area contributed by atoms with Crippen LogP contribution in [-0.4, -0.2) is 112 Å². The Balaban J connectivity index is 1.26. The minimum atomic E-state index is 0.305. The first kappa shape index (κ1) is 24.3. The SMILES string of the molecule is CN=C(NCCN1CCN(C(=O)C2CCCC2)CC1)NC1CCN(CCCOC)CC1. The Hall–Kier alpha value is -1.38. The smallest absolute Gasteiger partial charge is 0.225 e. The number of piperidine rings is 1. The van der Waals surface area contributed by atoms with Gasteiger partial charge in [0.15, 0.2) is 5.96 Å². The highest BCUT2D eigenvalue weighted by atomic mass is 16.5. The van der Waals surface area contributed by atoms with Crippen molar-refractivity contribution >= 4 is 11.9 Å². The van der Waals surface area contributed by atoms with Crippen LogP contribution in [-0.2, 0) is 9.53 Å². The number of nitrogens with zero attached hydrogens (tertiary/aromatic N) is 4. The standard InChI is InChI=1S/C23H44N6O2/c1-24-23(26-21-8-12-27(13-9-21)11-5-19-31-2)25-10-14-28-15-17-29(18-16-28)22(30)20-6-3-4-7-20/h20-21H,3-19H2,1-2H3,(H2,24,25,26). The first-order valence-electron chi connectivity index (χ1n) is 12.4. The van der Waals surface area contributed by atoms with Gasteiger partial charge in [0.05, 0.1) is 0 Å². The number of guanidine groups is 1. The summed E-state index contributed by atoms with van der Waals surface area (Å²) in [5, 5.41) is 7.08. The molecule has 3 rings (SSSR count). The van der Waals surface area contributed by atoms with Crippen molar-refractivity contribution in [2.24, 2.45) is 10.9 Å². The molecule has 1 aliphatic carbocycles. The number of rotatable bonds is 9. The Labute approximate surface area is 188 Å². The fourth-order valence-corrected chi connectivity index (χ4v) is 5.08. The predicted octanol–water partition coefficient (Wildman–Crippen LogP) is 0.987. The van der Waals surface area contributed by atoms with E-state index in [-0.39, 0.29) is 0 Å². The maximum Gasteiger partial charge on any atom is 0.225 e. The van der Waals surface area contributed by atoms with Crippen LogP contribution in [0.2, 0.25) is 0 Å². The molecule has 0 unspecified atom stereocenters. The Morgan fingerprint density at radius 3 is 2.29 bits per heavy atom. The Morgan fingerprint density at radius 1 is 0.968 bits per heavy atom. The zero-order valence-corrected chi connectivity index (χ0v) is 19.8. The van der Waals surface area contributed by atoms with E-state index in [1.165, 1.54) is 12.8 Å². The Kier molecular flexibility index (Phi) is 10.4. The third kappa shape index (κ3) is 7.91. The van der Waals surface area contributed by atoms with Crippen molar-refractivity contribution in [1.29, 1.82) is 0 Å². The second-order valence-electron chi connectivity index (χ2n) is 9.25. The summed E-state index contributed by atoms with van der Waals surface area (Å²) in [5.74, 6) is 1.62. The van der Waals surface area contributed by atoms with Gasteiger partial charge in [0, 0.05) is 91.6 Å². The first-order chi connectivity index (χ1) is 15.2. The van der Waals surface area contributed by atoms with Gasteiger partial charge in [-0.05, 0) is 32.1 Å². The third-order valence-corrected chi connectivity index (χ3v) is 7.08. The number of hydrogen-bond donors (Lipinski definition) is 2. The van der Waals surface area contributed by atoms with E-state index < -0.39 is 0 Å². The summed E-state index contributed by atoms with van der Waals surface area (Å²) in [6.07, 6.45) is 8.08. The van der Waals surface area contributed by atoms with Crippen molar-refractivity contribution in [2.45, 2.75) is 51.0 Å². The number of methoxy groups -OCH3 is 1. The zero-order chi connectivity index (χ0) is 21.9. The highest BCUT2D eigenvalue weighted by Crippen LogP contribution is 2.26. The van der Waals surface area contributed by atoms with Gasteiger partial charge in [-0.15, -0.1) is 0 Å². The van der Waals surface area contributed by atoms with E-state index in [1.54, 1.807) is 7.11 Å². The molecule has 0 radical (unpaired) electrons. The van der Waals surface area contributed by atoms with Crippen LogP contribution >= 0.6 is 0 Å². The largest absolute Gasteiger partial charge is 0.385 e. The average molecular weight is 437 g/mol. The molecule has 3 aliphatic rings. The highest BCUT2D eigenvalue weighted by Gasteiger charge is 2.29. The number of carbonyl (C=O) groups is 1. The van der Waals surface area contributed by atoms with Gasteiger partial charge in [0.2, 0.25) is 5.91 Å². The third-order valence-electron chi connectivity index (χ3n) is 7.08. The van der Waals surface area contributed by atoms with Gasteiger partial charge in [0.25, 0.3) is 0 Å². The minimum absolute atomic E-state index is 0.305. The number of aliphatic imine (C=N–C) groups is 1. The lowest BCUT2D eigenvalue weighted by atomic mass is 10.1. The van der Waals surface area contributed by atoms with Crippen LogP contribution in [0.25, 0.3) is 0 Å². The zero-order valence-electron chi connectivity index (χ0n) is 19.8. The summed E-state index contributed by atoms with van der Waals surface area (Å²) in [5.41, 5.74) is 0. The second-order valence-corrected chi connectivity index (χ2v) is 9.25. The lowest BCUT2D eigenvalue weighted by Gasteiger charge is -2.36. The van der Waals surface area contributed by atoms with Crippen LogP contribution in [0.15, 0.2) is 4.99 Å². The Morgan fingerprint density at radius 2 is 1.65 bits per heavy atom. The van der Waals surface area contributed by atoms with Gasteiger partial charge < -0.3 is 25.2 Å². The van der Waals surface area contributed by atoms with Gasteiger partial charge in [-0.25, -0.2) is 0 Å². The van der Waals surface area contributed by atoms with Gasteiger partial charge in [0.1, 0.15) is 0 Å². The second kappa shape index (κ2) is 13.2. The van der Waals surface area contributed by atoms with E-state index in [4.69, 9.17) is 4.74 Å². The van der Waals surface area contributed by atoms with Crippen LogP contribution in [0.4, 0.5) is 0 Å². The summed E-state index contributed by atoms with van der Waals surface area (Å²) >= 11 is 0. The number of carbonyl (C=O) groups excluding carboxylic acids is 1. The number of ether oxygens (including phenoxy) is 1. The molecule has 0 atom stereocenters. The number of hydrogen-bond acceptors (Lipinski definition) is 5. The van der Waals surface area contributed by atoms with Crippen molar-refractivity contribution in [3.05, 3.63) is 0 Å². The minimum Gasteiger partial charge on any atom is -0.385 e. The van der Waals surface area contributed by atoms with Crippen molar-refractivity contribution in [3.63, 3.8) is 0 Å². The number of piperazine rings is 1. The normalized spacial score (nSPS) is 22.8. The van der Waals surface area contributed by atoms with Crippen molar-refractivity contribution in [1.82, 2.24) is 25.3 Å². The molecule has 2 saturated heterocycles. The van der Waals surface area contributed by atoms with Crippen LogP contribution in [0, 0.1) is 5.92 Å². The van der Waals surface area contributed by atoms with Crippen LogP contribution in [0.3, 0.4) is 0 Å². The molecule has 0 spiro atoms. The number of nitrogens with one attached hydrogen (secondary N) is 2. The monoisotopic (exact) mass is 436 g/mol. The highest BCUT2D eigenvalue weighted by molar-refractivity contribution is 5.80. The molecule has 3 fully saturated rings. The molecular weight excluding hydrogens is 392 g/mol. The summed E-state index contributed by atoms with van der Waals surface area (Å²) in [6, 6.07) is 0.495. The van der Waals surface area contributed by atoms with Gasteiger partial charge >= 0.3 is 0 Å². The van der Waals surface area contributed by atoms with Gasteiger partial charge in [-0.1, -0.05) is 12.8 Å². The maximum absolute atomic E-state index is 12.6. The number of amides is 1. The van der Waals surface area contributed by atoms with Gasteiger partial charge in [-0.3, -0.25) is 14.7 Å². The number of likely N-dealkylation sites (tertiary alicyclic amines) is 1. The van der Waals surface area contributed by atoms with Crippen LogP contribution in [0.1, 0.15) is 44.9 Å². The molecule has 31 heavy (non-hydrogen) atoms. The van der Waals surface area contributed by atoms with E-state index >= 15 is 0 Å². The lowest BCUT2D eigenvalue weighted by molar-refractivity contribution is -0.137. The molecule has 178 valence electrons. The van der Waals surface area contributed by atoms with E-state index in [0.29, 0.717) is 17.9 Å². The average Bonchev–Trinajstić information content (AvgIpc) is 3.35. The molecule has 2 aliphatic heterocycles. The summed E-state index contributed by atoms with van der Waals surface area (Å²) in [4.78, 5) is 24.1. The lowest BCUT2D eigenvalue weighted by Crippen LogP contribution is -2.53. The fraction of sp³-hybridized carbons (Fsp3) is 0.913. The van der Waals surface area contributed by atoms with Crippen LogP contribution in [0.5, 0.6) is 0 Å². The molecule has 2 N–H and O–H groups in total. The van der Waals surface area contributed by atoms with Crippen LogP contribution < -0.4 is 10.6 Å². The van der Waals surface area contributed by atoms with Gasteiger partial charge in [-0.2, -0.15) is 0 Å². The Bertz CT molecular complexity index is 550. The van der Waals surface area contributed by atoms with Crippen molar-refractivity contribution < 1.29 is 9.53 Å². The molecular formula is C23H44N6O2. The summed E-state index contributed by atoms with van der Waals surface area (Å²) in [7, 11) is 3.62. The van der Waals surface area contributed by atoms with Crippen molar-refractivity contribution in [3.8, 4) is 0 Å². The molecule has 1 amide bonds. The molecule has 0 aromatic heterocycles.